The van der Waals surface area contributed by atoms with Gasteiger partial charge < -0.3 is 14.4 Å². The van der Waals surface area contributed by atoms with E-state index in [1.165, 1.54) is 31.3 Å². The molecule has 0 N–H and O–H groups in total. The van der Waals surface area contributed by atoms with E-state index in [1.807, 2.05) is 0 Å². The third kappa shape index (κ3) is 5.08. The van der Waals surface area contributed by atoms with E-state index < -0.39 is 32.4 Å². The van der Waals surface area contributed by atoms with Gasteiger partial charge in [-0.2, -0.15) is 0 Å². The maximum atomic E-state index is 13.3. The number of hydrogen-bond acceptors (Lipinski definition) is 7. The first-order valence-electron chi connectivity index (χ1n) is 9.31. The second-order valence-electron chi connectivity index (χ2n) is 7.10. The predicted molar refractivity (Wildman–Crippen MR) is 115 cm³/mol. The van der Waals surface area contributed by atoms with Crippen LogP contribution in [0, 0.1) is 10.1 Å². The Labute approximate surface area is 184 Å². The van der Waals surface area contributed by atoms with Gasteiger partial charge in [0.25, 0.3) is 11.6 Å². The molecule has 1 unspecified atom stereocenters. The summed E-state index contributed by atoms with van der Waals surface area (Å²) in [6.45, 7) is 0.0931. The molecule has 2 aromatic carbocycles. The van der Waals surface area contributed by atoms with Crippen LogP contribution < -0.4 is 9.47 Å². The number of methoxy groups -OCH3 is 2. The molecule has 1 heterocycles. The molecule has 0 aromatic heterocycles. The van der Waals surface area contributed by atoms with Gasteiger partial charge in [0.2, 0.25) is 0 Å². The van der Waals surface area contributed by atoms with Crippen LogP contribution in [0.25, 0.3) is 0 Å². The average Bonchev–Trinajstić information content (AvgIpc) is 3.10. The zero-order chi connectivity index (χ0) is 22.8. The molecule has 0 radical (unpaired) electrons. The summed E-state index contributed by atoms with van der Waals surface area (Å²) in [5.74, 6) is 0.279. The molecule has 31 heavy (non-hydrogen) atoms. The first-order valence-corrected chi connectivity index (χ1v) is 11.5. The number of benzene rings is 2. The molecule has 166 valence electrons. The minimum Gasteiger partial charge on any atom is -0.493 e. The maximum Gasteiger partial charge on any atom is 0.288 e. The molecule has 0 aliphatic carbocycles. The van der Waals surface area contributed by atoms with Crippen LogP contribution in [-0.2, 0) is 16.4 Å². The van der Waals surface area contributed by atoms with Gasteiger partial charge in [0.1, 0.15) is 5.02 Å². The quantitative estimate of drug-likeness (QED) is 0.452. The van der Waals surface area contributed by atoms with E-state index >= 15 is 0 Å². The van der Waals surface area contributed by atoms with Gasteiger partial charge in [0.05, 0.1) is 30.6 Å². The highest BCUT2D eigenvalue weighted by Gasteiger charge is 2.35. The van der Waals surface area contributed by atoms with Gasteiger partial charge in [-0.25, -0.2) is 8.42 Å². The lowest BCUT2D eigenvalue weighted by atomic mass is 10.1. The molecule has 0 saturated carbocycles. The minimum absolute atomic E-state index is 0.0197. The Hall–Kier alpha value is -2.85. The van der Waals surface area contributed by atoms with Crippen LogP contribution in [-0.4, -0.2) is 55.9 Å². The first kappa shape index (κ1) is 22.8. The molecular weight excluding hydrogens is 448 g/mol. The van der Waals surface area contributed by atoms with Crippen molar-refractivity contribution >= 4 is 33.0 Å². The second kappa shape index (κ2) is 9.11. The summed E-state index contributed by atoms with van der Waals surface area (Å²) in [6.07, 6.45) is 0.289. The van der Waals surface area contributed by atoms with Crippen LogP contribution in [0.1, 0.15) is 22.3 Å². The third-order valence-electron chi connectivity index (χ3n) is 5.10. The van der Waals surface area contributed by atoms with Crippen LogP contribution in [0.2, 0.25) is 5.02 Å². The van der Waals surface area contributed by atoms with Gasteiger partial charge in [-0.1, -0.05) is 17.7 Å². The van der Waals surface area contributed by atoms with Gasteiger partial charge in [-0.15, -0.1) is 0 Å². The van der Waals surface area contributed by atoms with Crippen LogP contribution in [0.3, 0.4) is 0 Å². The van der Waals surface area contributed by atoms with Crippen LogP contribution in [0.4, 0.5) is 5.69 Å². The summed E-state index contributed by atoms with van der Waals surface area (Å²) in [6, 6.07) is 8.36. The average molecular weight is 469 g/mol. The summed E-state index contributed by atoms with van der Waals surface area (Å²) in [5.41, 5.74) is 0.359. The number of hydrogen-bond donors (Lipinski definition) is 0. The van der Waals surface area contributed by atoms with E-state index in [0.29, 0.717) is 17.1 Å². The molecule has 11 heteroatoms. The number of carbonyl (C=O) groups excluding carboxylic acids is 1. The van der Waals surface area contributed by atoms with Crippen LogP contribution in [0.5, 0.6) is 11.5 Å². The Kier molecular flexibility index (Phi) is 6.71. The maximum absolute atomic E-state index is 13.3. The van der Waals surface area contributed by atoms with Gasteiger partial charge >= 0.3 is 0 Å². The number of halogens is 1. The van der Waals surface area contributed by atoms with Gasteiger partial charge in [-0.05, 0) is 36.2 Å². The molecule has 0 bridgehead atoms. The fourth-order valence-corrected chi connectivity index (χ4v) is 5.43. The van der Waals surface area contributed by atoms with E-state index in [2.05, 4.69) is 0 Å². The summed E-state index contributed by atoms with van der Waals surface area (Å²) >= 11 is 5.86. The number of ether oxygens (including phenoxy) is 2. The van der Waals surface area contributed by atoms with Crippen molar-refractivity contribution < 1.29 is 27.6 Å². The van der Waals surface area contributed by atoms with Gasteiger partial charge in [-0.3, -0.25) is 14.9 Å². The van der Waals surface area contributed by atoms with Crippen LogP contribution >= 0.6 is 11.6 Å². The molecule has 9 nitrogen and oxygen atoms in total. The predicted octanol–water partition coefficient (Wildman–Crippen LogP) is 3.09. The molecular formula is C20H21ClN2O7S. The third-order valence-corrected chi connectivity index (χ3v) is 7.17. The van der Waals surface area contributed by atoms with Crippen molar-refractivity contribution in [2.45, 2.75) is 19.0 Å². The highest BCUT2D eigenvalue weighted by molar-refractivity contribution is 7.91. The van der Waals surface area contributed by atoms with Crippen molar-refractivity contribution in [3.63, 3.8) is 0 Å². The van der Waals surface area contributed by atoms with E-state index in [4.69, 9.17) is 21.1 Å². The molecule has 1 aliphatic rings. The molecule has 1 atom stereocenters. The smallest absolute Gasteiger partial charge is 0.288 e. The highest BCUT2D eigenvalue weighted by atomic mass is 35.5. The Balaban J connectivity index is 1.98. The van der Waals surface area contributed by atoms with Crippen molar-refractivity contribution in [1.82, 2.24) is 4.90 Å². The Bertz CT molecular complexity index is 1120. The largest absolute Gasteiger partial charge is 0.493 e. The van der Waals surface area contributed by atoms with E-state index in [9.17, 15) is 23.3 Å². The number of amides is 1. The lowest BCUT2D eigenvalue weighted by Gasteiger charge is -2.29. The molecule has 0 spiro atoms. The number of sulfone groups is 1. The second-order valence-corrected chi connectivity index (χ2v) is 9.74. The van der Waals surface area contributed by atoms with E-state index in [-0.39, 0.29) is 35.1 Å². The van der Waals surface area contributed by atoms with Crippen molar-refractivity contribution in [3.05, 3.63) is 62.7 Å². The number of nitrogens with zero attached hydrogens (tertiary/aromatic N) is 2. The molecule has 1 saturated heterocycles. The van der Waals surface area contributed by atoms with Crippen molar-refractivity contribution in [3.8, 4) is 11.5 Å². The number of rotatable bonds is 7. The number of carbonyl (C=O) groups is 1. The fourth-order valence-electron chi connectivity index (χ4n) is 3.52. The number of nitro groups is 1. The molecule has 2 aromatic rings. The highest BCUT2D eigenvalue weighted by Crippen LogP contribution is 2.31. The Morgan fingerprint density at radius 3 is 2.48 bits per heavy atom. The zero-order valence-electron chi connectivity index (χ0n) is 16.9. The summed E-state index contributed by atoms with van der Waals surface area (Å²) in [4.78, 5) is 25.3. The standard InChI is InChI=1S/C20H21ClN2O7S/c1-29-18-6-3-13(9-19(18)30-2)11-22(15-7-8-31(27,28)12-15)20(24)14-4-5-16(21)17(10-14)23(25)26/h3-6,9-10,15H,7-8,11-12H2,1-2H3. The van der Waals surface area contributed by atoms with Gasteiger partial charge in [0.15, 0.2) is 21.3 Å². The van der Waals surface area contributed by atoms with E-state index in [0.717, 1.165) is 6.07 Å². The normalized spacial score (nSPS) is 17.2. The fraction of sp³-hybridized carbons (Fsp3) is 0.350. The summed E-state index contributed by atoms with van der Waals surface area (Å²) in [7, 11) is -0.277. The first-order chi connectivity index (χ1) is 14.6. The van der Waals surface area contributed by atoms with Gasteiger partial charge in [0, 0.05) is 24.2 Å². The molecule has 1 amide bonds. The van der Waals surface area contributed by atoms with Crippen LogP contribution in [0.15, 0.2) is 36.4 Å². The SMILES string of the molecule is COc1ccc(CN(C(=O)c2ccc(Cl)c([N+](=O)[O-])c2)C2CCS(=O)(=O)C2)cc1OC. The number of nitro benzene ring substituents is 1. The lowest BCUT2D eigenvalue weighted by Crippen LogP contribution is -2.40. The summed E-state index contributed by atoms with van der Waals surface area (Å²) in [5, 5.41) is 11.1. The summed E-state index contributed by atoms with van der Waals surface area (Å²) < 4.78 is 34.6. The Morgan fingerprint density at radius 1 is 1.19 bits per heavy atom. The Morgan fingerprint density at radius 2 is 1.90 bits per heavy atom. The van der Waals surface area contributed by atoms with Crippen molar-refractivity contribution in [2.75, 3.05) is 25.7 Å². The molecule has 1 aliphatic heterocycles. The topological polar surface area (TPSA) is 116 Å². The monoisotopic (exact) mass is 468 g/mol. The van der Waals surface area contributed by atoms with Crippen molar-refractivity contribution in [2.24, 2.45) is 0 Å². The zero-order valence-corrected chi connectivity index (χ0v) is 18.5. The molecule has 3 rings (SSSR count). The lowest BCUT2D eigenvalue weighted by molar-refractivity contribution is -0.384. The minimum atomic E-state index is -3.27. The molecule has 1 fully saturated rings. The van der Waals surface area contributed by atoms with Crippen molar-refractivity contribution in [1.29, 1.82) is 0 Å². The van der Waals surface area contributed by atoms with E-state index in [1.54, 1.807) is 18.2 Å².